The highest BCUT2D eigenvalue weighted by Gasteiger charge is 2.21. The zero-order valence-corrected chi connectivity index (χ0v) is 20.5. The minimum Gasteiger partial charge on any atom is -0.466 e. The second-order valence-electron chi connectivity index (χ2n) is 8.94. The first kappa shape index (κ1) is 28.9. The van der Waals surface area contributed by atoms with Gasteiger partial charge in [-0.15, -0.1) is 0 Å². The summed E-state index contributed by atoms with van der Waals surface area (Å²) in [7, 11) is 0. The summed E-state index contributed by atoms with van der Waals surface area (Å²) in [5.41, 5.74) is 0. The predicted octanol–water partition coefficient (Wildman–Crippen LogP) is 7.63. The summed E-state index contributed by atoms with van der Waals surface area (Å²) in [6.45, 7) is 9.69. The van der Waals surface area contributed by atoms with E-state index in [0.29, 0.717) is 25.6 Å². The maximum Gasteiger partial charge on any atom is 0.308 e. The fraction of sp³-hybridized carbons (Fsp3) is 0.923. The molecule has 30 heavy (non-hydrogen) atoms. The van der Waals surface area contributed by atoms with Crippen LogP contribution in [0.15, 0.2) is 0 Å². The van der Waals surface area contributed by atoms with Crippen molar-refractivity contribution in [1.29, 1.82) is 0 Å². The molecule has 0 heterocycles. The first-order valence-corrected chi connectivity index (χ1v) is 12.8. The van der Waals surface area contributed by atoms with Crippen molar-refractivity contribution in [3.63, 3.8) is 0 Å². The van der Waals surface area contributed by atoms with Crippen LogP contribution in [0, 0.1) is 11.8 Å². The van der Waals surface area contributed by atoms with Crippen molar-refractivity contribution in [2.75, 3.05) is 13.2 Å². The summed E-state index contributed by atoms with van der Waals surface area (Å²) in [6.07, 6.45) is 17.5. The van der Waals surface area contributed by atoms with E-state index >= 15 is 0 Å². The minimum atomic E-state index is -0.0356. The highest BCUT2D eigenvalue weighted by molar-refractivity contribution is 5.72. The Labute approximate surface area is 186 Å². The Balaban J connectivity index is 3.53. The van der Waals surface area contributed by atoms with Crippen LogP contribution in [0.2, 0.25) is 0 Å². The minimum absolute atomic E-state index is 0.0100. The van der Waals surface area contributed by atoms with Crippen molar-refractivity contribution in [3.05, 3.63) is 0 Å². The fourth-order valence-electron chi connectivity index (χ4n) is 3.55. The number of carbonyl (C=O) groups is 2. The number of esters is 2. The average molecular weight is 427 g/mol. The Kier molecular flexibility index (Phi) is 20.4. The van der Waals surface area contributed by atoms with Gasteiger partial charge in [0.1, 0.15) is 0 Å². The van der Waals surface area contributed by atoms with Gasteiger partial charge in [0.2, 0.25) is 0 Å². The van der Waals surface area contributed by atoms with Gasteiger partial charge < -0.3 is 9.47 Å². The lowest BCUT2D eigenvalue weighted by Crippen LogP contribution is -2.22. The third kappa shape index (κ3) is 17.8. The Morgan fingerprint density at radius 1 is 0.633 bits per heavy atom. The summed E-state index contributed by atoms with van der Waals surface area (Å²) in [5, 5.41) is 0. The maximum absolute atomic E-state index is 12.1. The molecule has 0 aliphatic rings. The molecule has 0 spiro atoms. The van der Waals surface area contributed by atoms with E-state index in [0.717, 1.165) is 51.4 Å². The van der Waals surface area contributed by atoms with E-state index in [1.807, 2.05) is 6.92 Å². The first-order valence-electron chi connectivity index (χ1n) is 12.8. The molecule has 0 N–H and O–H groups in total. The van der Waals surface area contributed by atoms with Crippen molar-refractivity contribution in [2.45, 2.75) is 130 Å². The summed E-state index contributed by atoms with van der Waals surface area (Å²) in [6, 6.07) is 0. The van der Waals surface area contributed by atoms with Crippen molar-refractivity contribution in [2.24, 2.45) is 11.8 Å². The first-order chi connectivity index (χ1) is 14.5. The van der Waals surface area contributed by atoms with Crippen LogP contribution >= 0.6 is 0 Å². The molecule has 0 amide bonds. The van der Waals surface area contributed by atoms with Gasteiger partial charge in [0.05, 0.1) is 19.1 Å². The molecule has 4 heteroatoms. The van der Waals surface area contributed by atoms with Crippen molar-refractivity contribution in [1.82, 2.24) is 0 Å². The summed E-state index contributed by atoms with van der Waals surface area (Å²) in [4.78, 5) is 23.8. The second kappa shape index (κ2) is 21.2. The largest absolute Gasteiger partial charge is 0.466 e. The highest BCUT2D eigenvalue weighted by atomic mass is 16.5. The predicted molar refractivity (Wildman–Crippen MR) is 125 cm³/mol. The molecule has 0 aliphatic heterocycles. The molecule has 0 fully saturated rings. The molecule has 0 saturated heterocycles. The molecule has 0 aromatic heterocycles. The number of hydrogen-bond donors (Lipinski definition) is 0. The molecule has 0 rings (SSSR count). The Morgan fingerprint density at radius 2 is 1.13 bits per heavy atom. The Morgan fingerprint density at radius 3 is 1.73 bits per heavy atom. The van der Waals surface area contributed by atoms with Crippen LogP contribution in [0.1, 0.15) is 130 Å². The van der Waals surface area contributed by atoms with Crippen molar-refractivity contribution < 1.29 is 19.1 Å². The van der Waals surface area contributed by atoms with Crippen LogP contribution in [0.4, 0.5) is 0 Å². The molecule has 2 unspecified atom stereocenters. The van der Waals surface area contributed by atoms with Gasteiger partial charge in [-0.25, -0.2) is 0 Å². The van der Waals surface area contributed by atoms with E-state index in [2.05, 4.69) is 20.8 Å². The van der Waals surface area contributed by atoms with E-state index in [9.17, 15) is 9.59 Å². The third-order valence-electron chi connectivity index (χ3n) is 6.02. The van der Waals surface area contributed by atoms with Crippen LogP contribution in [0.25, 0.3) is 0 Å². The van der Waals surface area contributed by atoms with Gasteiger partial charge in [-0.05, 0) is 31.6 Å². The lowest BCUT2D eigenvalue weighted by molar-refractivity contribution is -0.150. The lowest BCUT2D eigenvalue weighted by Gasteiger charge is -2.18. The molecular formula is C26H50O4. The number of carbonyl (C=O) groups excluding carboxylic acids is 2. The van der Waals surface area contributed by atoms with Crippen LogP contribution in [-0.4, -0.2) is 25.2 Å². The highest BCUT2D eigenvalue weighted by Crippen LogP contribution is 2.21. The van der Waals surface area contributed by atoms with Gasteiger partial charge in [-0.3, -0.25) is 9.59 Å². The second-order valence-corrected chi connectivity index (χ2v) is 8.94. The quantitative estimate of drug-likeness (QED) is 0.140. The smallest absolute Gasteiger partial charge is 0.308 e. The number of ether oxygens (including phenoxy) is 2. The molecule has 0 saturated carbocycles. The summed E-state index contributed by atoms with van der Waals surface area (Å²) >= 11 is 0. The monoisotopic (exact) mass is 426 g/mol. The van der Waals surface area contributed by atoms with Gasteiger partial charge in [0.15, 0.2) is 0 Å². The lowest BCUT2D eigenvalue weighted by atomic mass is 9.90. The van der Waals surface area contributed by atoms with Crippen molar-refractivity contribution >= 4 is 11.9 Å². The normalized spacial score (nSPS) is 13.1. The van der Waals surface area contributed by atoms with E-state index < -0.39 is 0 Å². The number of hydrogen-bond acceptors (Lipinski definition) is 4. The number of unbranched alkanes of at least 4 members (excludes halogenated alkanes) is 11. The standard InChI is InChI=1S/C26H50O4/c1-5-7-9-17-21-29-25(27)20-16-14-12-11-13-15-19-23(3)24(4)26(28)30-22-18-10-8-6-2/h23-24H,5-22H2,1-4H3. The SMILES string of the molecule is CCCCCCOC(=O)CCCCCCCCC(C)C(C)C(=O)OCCCCCC. The Hall–Kier alpha value is -1.06. The zero-order valence-electron chi connectivity index (χ0n) is 20.5. The molecule has 4 nitrogen and oxygen atoms in total. The molecule has 2 atom stereocenters. The molecule has 178 valence electrons. The third-order valence-corrected chi connectivity index (χ3v) is 6.02. The van der Waals surface area contributed by atoms with E-state index in [-0.39, 0.29) is 17.9 Å². The molecule has 0 radical (unpaired) electrons. The van der Waals surface area contributed by atoms with Crippen LogP contribution < -0.4 is 0 Å². The summed E-state index contributed by atoms with van der Waals surface area (Å²) < 4.78 is 10.7. The summed E-state index contributed by atoms with van der Waals surface area (Å²) in [5.74, 6) is 0.298. The topological polar surface area (TPSA) is 52.6 Å². The molecule has 0 bridgehead atoms. The average Bonchev–Trinajstić information content (AvgIpc) is 2.74. The van der Waals surface area contributed by atoms with E-state index in [4.69, 9.17) is 9.47 Å². The van der Waals surface area contributed by atoms with Gasteiger partial charge in [0.25, 0.3) is 0 Å². The van der Waals surface area contributed by atoms with Gasteiger partial charge in [-0.2, -0.15) is 0 Å². The Bertz CT molecular complexity index is 408. The number of rotatable bonds is 21. The van der Waals surface area contributed by atoms with Crippen molar-refractivity contribution in [3.8, 4) is 0 Å². The molecule has 0 aromatic rings. The molecular weight excluding hydrogens is 376 g/mol. The van der Waals surface area contributed by atoms with Gasteiger partial charge in [0, 0.05) is 6.42 Å². The van der Waals surface area contributed by atoms with Crippen LogP contribution in [-0.2, 0) is 19.1 Å². The fourth-order valence-corrected chi connectivity index (χ4v) is 3.55. The molecule has 0 aromatic carbocycles. The maximum atomic E-state index is 12.1. The zero-order chi connectivity index (χ0) is 22.5. The van der Waals surface area contributed by atoms with E-state index in [1.54, 1.807) is 0 Å². The van der Waals surface area contributed by atoms with Gasteiger partial charge >= 0.3 is 11.9 Å². The van der Waals surface area contributed by atoms with Crippen LogP contribution in [0.3, 0.4) is 0 Å². The van der Waals surface area contributed by atoms with Gasteiger partial charge in [-0.1, -0.05) is 98.3 Å². The van der Waals surface area contributed by atoms with E-state index in [1.165, 1.54) is 44.9 Å². The molecule has 0 aliphatic carbocycles. The van der Waals surface area contributed by atoms with Crippen LogP contribution in [0.5, 0.6) is 0 Å².